The quantitative estimate of drug-likeness (QED) is 0.766. The van der Waals surface area contributed by atoms with Gasteiger partial charge < -0.3 is 10.1 Å². The minimum absolute atomic E-state index is 0.0209. The van der Waals surface area contributed by atoms with E-state index in [0.29, 0.717) is 11.4 Å². The second kappa shape index (κ2) is 7.67. The molecule has 0 bridgehead atoms. The molecular weight excluding hydrogens is 379 g/mol. The predicted octanol–water partition coefficient (Wildman–Crippen LogP) is 2.08. The molecule has 0 spiro atoms. The molecule has 10 heteroatoms. The number of carbonyl (C=O) groups is 2. The molecular formula is C14H16Cl2N2O5S. The number of carbonyl (C=O) groups excluding carboxylic acids is 2. The van der Waals surface area contributed by atoms with Gasteiger partial charge in [-0.05, 0) is 25.3 Å². The van der Waals surface area contributed by atoms with Crippen molar-refractivity contribution in [1.29, 1.82) is 0 Å². The number of pyridine rings is 1. The van der Waals surface area contributed by atoms with Gasteiger partial charge in [-0.25, -0.2) is 13.4 Å². The highest BCUT2D eigenvalue weighted by atomic mass is 35.5. The van der Waals surface area contributed by atoms with Gasteiger partial charge in [-0.3, -0.25) is 9.59 Å². The Bertz CT molecular complexity index is 754. The van der Waals surface area contributed by atoms with Gasteiger partial charge in [0.05, 0.1) is 21.6 Å². The molecule has 1 aromatic rings. The van der Waals surface area contributed by atoms with Crippen molar-refractivity contribution in [3.05, 3.63) is 22.3 Å². The molecule has 1 saturated heterocycles. The minimum Gasteiger partial charge on any atom is -0.453 e. The number of ether oxygens (including phenoxy) is 1. The van der Waals surface area contributed by atoms with Gasteiger partial charge in [0, 0.05) is 12.6 Å². The van der Waals surface area contributed by atoms with Crippen LogP contribution in [0.1, 0.15) is 19.8 Å². The molecule has 1 amide bonds. The van der Waals surface area contributed by atoms with E-state index in [1.807, 2.05) is 0 Å². The van der Waals surface area contributed by atoms with Gasteiger partial charge in [0.25, 0.3) is 5.91 Å². The van der Waals surface area contributed by atoms with Gasteiger partial charge in [-0.2, -0.15) is 0 Å². The summed E-state index contributed by atoms with van der Waals surface area (Å²) in [6.07, 6.45) is 0.656. The van der Waals surface area contributed by atoms with Crippen LogP contribution in [0.2, 0.25) is 10.0 Å². The molecule has 2 rings (SSSR count). The average Bonchev–Trinajstić information content (AvgIpc) is 2.80. The van der Waals surface area contributed by atoms with Crippen LogP contribution >= 0.6 is 23.2 Å². The largest absolute Gasteiger partial charge is 0.453 e. The molecule has 1 aliphatic heterocycles. The third-order valence-electron chi connectivity index (χ3n) is 3.51. The monoisotopic (exact) mass is 394 g/mol. The van der Waals surface area contributed by atoms with E-state index in [-0.39, 0.29) is 34.7 Å². The highest BCUT2D eigenvalue weighted by Gasteiger charge is 2.30. The van der Waals surface area contributed by atoms with Gasteiger partial charge in [0.2, 0.25) is 0 Å². The van der Waals surface area contributed by atoms with E-state index in [1.54, 1.807) is 0 Å². The van der Waals surface area contributed by atoms with Crippen LogP contribution in [0.4, 0.5) is 5.82 Å². The van der Waals surface area contributed by atoms with E-state index in [0.717, 1.165) is 0 Å². The first-order valence-electron chi connectivity index (χ1n) is 7.18. The zero-order valence-electron chi connectivity index (χ0n) is 12.8. The molecule has 0 saturated carbocycles. The second-order valence-corrected chi connectivity index (χ2v) is 8.65. The Balaban J connectivity index is 1.86. The van der Waals surface area contributed by atoms with Crippen molar-refractivity contribution in [2.24, 2.45) is 5.92 Å². The number of nitrogens with zero attached hydrogens (tertiary/aromatic N) is 1. The van der Waals surface area contributed by atoms with Gasteiger partial charge in [0.1, 0.15) is 0 Å². The molecule has 7 nitrogen and oxygen atoms in total. The summed E-state index contributed by atoms with van der Waals surface area (Å²) in [6, 6.07) is 1.42. The molecule has 1 fully saturated rings. The van der Waals surface area contributed by atoms with Crippen LogP contribution in [0, 0.1) is 5.92 Å². The fourth-order valence-corrected chi connectivity index (χ4v) is 4.58. The Kier molecular flexibility index (Phi) is 6.06. The van der Waals surface area contributed by atoms with Crippen LogP contribution in [-0.2, 0) is 24.2 Å². The number of hydrogen-bond donors (Lipinski definition) is 1. The summed E-state index contributed by atoms with van der Waals surface area (Å²) in [5, 5.41) is 2.92. The van der Waals surface area contributed by atoms with Crippen LogP contribution < -0.4 is 5.32 Å². The van der Waals surface area contributed by atoms with Crippen molar-refractivity contribution < 1.29 is 22.7 Å². The number of halogens is 2. The lowest BCUT2D eigenvalue weighted by molar-refractivity contribution is -0.153. The molecule has 2 atom stereocenters. The first kappa shape index (κ1) is 19.0. The number of aromatic nitrogens is 1. The van der Waals surface area contributed by atoms with E-state index >= 15 is 0 Å². The number of sulfone groups is 1. The van der Waals surface area contributed by atoms with E-state index in [9.17, 15) is 18.0 Å². The number of anilines is 1. The first-order valence-corrected chi connectivity index (χ1v) is 9.76. The zero-order valence-corrected chi connectivity index (χ0v) is 15.1. The molecule has 0 aromatic carbocycles. The summed E-state index contributed by atoms with van der Waals surface area (Å²) >= 11 is 11.6. The second-order valence-electron chi connectivity index (χ2n) is 5.58. The summed E-state index contributed by atoms with van der Waals surface area (Å²) < 4.78 is 27.8. The molecule has 1 N–H and O–H groups in total. The Morgan fingerprint density at radius 1 is 1.46 bits per heavy atom. The van der Waals surface area contributed by atoms with Crippen LogP contribution in [0.15, 0.2) is 12.3 Å². The molecule has 24 heavy (non-hydrogen) atoms. The average molecular weight is 395 g/mol. The van der Waals surface area contributed by atoms with Crippen molar-refractivity contribution in [2.75, 3.05) is 16.8 Å². The number of esters is 1. The maximum atomic E-state index is 12.0. The summed E-state index contributed by atoms with van der Waals surface area (Å²) in [5.41, 5.74) is 0. The lowest BCUT2D eigenvalue weighted by atomic mass is 10.1. The van der Waals surface area contributed by atoms with Crippen molar-refractivity contribution >= 4 is 50.7 Å². The zero-order chi connectivity index (χ0) is 17.9. The van der Waals surface area contributed by atoms with E-state index in [2.05, 4.69) is 10.3 Å². The third kappa shape index (κ3) is 5.32. The molecule has 1 aliphatic rings. The van der Waals surface area contributed by atoms with Gasteiger partial charge in [-0.15, -0.1) is 0 Å². The smallest absolute Gasteiger partial charge is 0.306 e. The fraction of sp³-hybridized carbons (Fsp3) is 0.500. The summed E-state index contributed by atoms with van der Waals surface area (Å²) in [4.78, 5) is 27.7. The van der Waals surface area contributed by atoms with E-state index < -0.39 is 27.8 Å². The van der Waals surface area contributed by atoms with Gasteiger partial charge in [-0.1, -0.05) is 23.2 Å². The normalized spacial score (nSPS) is 20.4. The SMILES string of the molecule is C[C@H](OC(=O)C[C@H]1CCS(=O)(=O)C1)C(=O)Nc1ncc(Cl)cc1Cl. The lowest BCUT2D eigenvalue weighted by Crippen LogP contribution is -2.31. The topological polar surface area (TPSA) is 102 Å². The maximum absolute atomic E-state index is 12.0. The van der Waals surface area contributed by atoms with Crippen molar-refractivity contribution in [1.82, 2.24) is 4.98 Å². The van der Waals surface area contributed by atoms with Crippen molar-refractivity contribution in [3.8, 4) is 0 Å². The Morgan fingerprint density at radius 2 is 2.17 bits per heavy atom. The summed E-state index contributed by atoms with van der Waals surface area (Å²) in [6.45, 7) is 1.41. The predicted molar refractivity (Wildman–Crippen MR) is 89.8 cm³/mol. The van der Waals surface area contributed by atoms with E-state index in [1.165, 1.54) is 19.2 Å². The van der Waals surface area contributed by atoms with Crippen molar-refractivity contribution in [3.63, 3.8) is 0 Å². The first-order chi connectivity index (χ1) is 11.2. The number of rotatable bonds is 5. The molecule has 2 heterocycles. The van der Waals surface area contributed by atoms with Crippen LogP contribution in [0.3, 0.4) is 0 Å². The summed E-state index contributed by atoms with van der Waals surface area (Å²) in [7, 11) is -3.06. The third-order valence-corrected chi connectivity index (χ3v) is 5.84. The van der Waals surface area contributed by atoms with Crippen LogP contribution in [0.5, 0.6) is 0 Å². The highest BCUT2D eigenvalue weighted by Crippen LogP contribution is 2.24. The molecule has 132 valence electrons. The van der Waals surface area contributed by atoms with E-state index in [4.69, 9.17) is 27.9 Å². The standard InChI is InChI=1S/C14H16Cl2N2O5S/c1-8(14(20)18-13-11(16)5-10(15)6-17-13)23-12(19)4-9-2-3-24(21,22)7-9/h5-6,8-9H,2-4,7H2,1H3,(H,17,18,20)/t8-,9+/m0/s1. The molecule has 0 radical (unpaired) electrons. The highest BCUT2D eigenvalue weighted by molar-refractivity contribution is 7.91. The van der Waals surface area contributed by atoms with Crippen LogP contribution in [0.25, 0.3) is 0 Å². The summed E-state index contributed by atoms with van der Waals surface area (Å²) in [5.74, 6) is -1.30. The maximum Gasteiger partial charge on any atom is 0.306 e. The fourth-order valence-electron chi connectivity index (χ4n) is 2.29. The number of amides is 1. The molecule has 0 unspecified atom stereocenters. The lowest BCUT2D eigenvalue weighted by Gasteiger charge is -2.15. The number of nitrogens with one attached hydrogen (secondary N) is 1. The van der Waals surface area contributed by atoms with Crippen molar-refractivity contribution in [2.45, 2.75) is 25.9 Å². The molecule has 1 aromatic heterocycles. The number of hydrogen-bond acceptors (Lipinski definition) is 6. The van der Waals surface area contributed by atoms with Crippen LogP contribution in [-0.4, -0.2) is 42.9 Å². The Morgan fingerprint density at radius 3 is 2.75 bits per heavy atom. The van der Waals surface area contributed by atoms with Gasteiger partial charge >= 0.3 is 5.97 Å². The minimum atomic E-state index is -3.06. The Labute approximate surface area is 149 Å². The Hall–Kier alpha value is -1.38. The molecule has 0 aliphatic carbocycles. The van der Waals surface area contributed by atoms with Gasteiger partial charge in [0.15, 0.2) is 21.8 Å².